The molecule has 1 fully saturated rings. The van der Waals surface area contributed by atoms with E-state index >= 15 is 0 Å². The molecule has 136 valence electrons. The molecule has 6 nitrogen and oxygen atoms in total. The van der Waals surface area contributed by atoms with Crippen LogP contribution in [0.25, 0.3) is 6.08 Å². The summed E-state index contributed by atoms with van der Waals surface area (Å²) in [6, 6.07) is 6.77. The van der Waals surface area contributed by atoms with Crippen LogP contribution in [0.4, 0.5) is 0 Å². The third-order valence-corrected chi connectivity index (χ3v) is 4.46. The lowest BCUT2D eigenvalue weighted by molar-refractivity contribution is 0.104. The van der Waals surface area contributed by atoms with Crippen LogP contribution in [-0.4, -0.2) is 37.9 Å². The van der Waals surface area contributed by atoms with Gasteiger partial charge in [-0.05, 0) is 49.2 Å². The van der Waals surface area contributed by atoms with Gasteiger partial charge in [-0.15, -0.1) is 0 Å². The van der Waals surface area contributed by atoms with Gasteiger partial charge in [-0.3, -0.25) is 4.79 Å². The Labute approximate surface area is 150 Å². The fourth-order valence-corrected chi connectivity index (χ4v) is 2.71. The van der Waals surface area contributed by atoms with Crippen molar-refractivity contribution in [3.05, 3.63) is 53.1 Å². The lowest BCUT2D eigenvalue weighted by Crippen LogP contribution is -2.07. The monoisotopic (exact) mass is 356 g/mol. The fourth-order valence-electron chi connectivity index (χ4n) is 2.71. The number of hydrogen-bond acceptors (Lipinski definition) is 6. The van der Waals surface area contributed by atoms with E-state index in [0.717, 1.165) is 6.07 Å². The maximum absolute atomic E-state index is 12.4. The maximum atomic E-state index is 12.4. The Bertz CT molecular complexity index is 897. The van der Waals surface area contributed by atoms with Crippen LogP contribution in [-0.2, 0) is 11.2 Å². The van der Waals surface area contributed by atoms with Crippen molar-refractivity contribution in [3.8, 4) is 23.0 Å². The summed E-state index contributed by atoms with van der Waals surface area (Å²) >= 11 is 0. The van der Waals surface area contributed by atoms with E-state index in [1.165, 1.54) is 36.4 Å². The van der Waals surface area contributed by atoms with Gasteiger partial charge in [-0.1, -0.05) is 12.1 Å². The van der Waals surface area contributed by atoms with Crippen LogP contribution in [0.15, 0.2) is 36.4 Å². The molecule has 1 aliphatic heterocycles. The highest BCUT2D eigenvalue weighted by Gasteiger charge is 2.47. The molecule has 0 bridgehead atoms. The Morgan fingerprint density at radius 1 is 1.04 bits per heavy atom. The van der Waals surface area contributed by atoms with Crippen LogP contribution < -0.4 is 0 Å². The van der Waals surface area contributed by atoms with Crippen molar-refractivity contribution in [1.29, 1.82) is 0 Å². The summed E-state index contributed by atoms with van der Waals surface area (Å²) < 4.78 is 5.50. The van der Waals surface area contributed by atoms with E-state index in [9.17, 15) is 25.2 Å². The Balaban J connectivity index is 1.82. The Kier molecular flexibility index (Phi) is 4.38. The lowest BCUT2D eigenvalue weighted by Gasteiger charge is -2.08. The topological polar surface area (TPSA) is 111 Å². The number of benzene rings is 2. The standard InChI is InChI=1S/C20H20O6/c1-20(2)19(26-20)9-12-8-13(17(24)10-16(12)23)14(21)5-3-11-4-6-15(22)18(25)7-11/h3-8,10,19,22-25H,9H2,1-2H3/b5-3+/t19-/m0/s1. The predicted molar refractivity (Wildman–Crippen MR) is 95.6 cm³/mol. The van der Waals surface area contributed by atoms with Gasteiger partial charge in [0.25, 0.3) is 0 Å². The molecule has 2 aromatic rings. The van der Waals surface area contributed by atoms with Gasteiger partial charge in [-0.25, -0.2) is 0 Å². The van der Waals surface area contributed by atoms with Crippen molar-refractivity contribution in [3.63, 3.8) is 0 Å². The number of phenolic OH excluding ortho intramolecular Hbond substituents is 4. The molecule has 1 aliphatic rings. The van der Waals surface area contributed by atoms with Gasteiger partial charge < -0.3 is 25.2 Å². The summed E-state index contributed by atoms with van der Waals surface area (Å²) in [5.74, 6) is -1.39. The molecule has 4 N–H and O–H groups in total. The summed E-state index contributed by atoms with van der Waals surface area (Å²) in [5.41, 5.74) is 0.850. The molecular formula is C20H20O6. The van der Waals surface area contributed by atoms with Gasteiger partial charge in [0.15, 0.2) is 17.3 Å². The second-order valence-corrected chi connectivity index (χ2v) is 6.86. The summed E-state index contributed by atoms with van der Waals surface area (Å²) in [6.07, 6.45) is 3.10. The minimum Gasteiger partial charge on any atom is -0.508 e. The van der Waals surface area contributed by atoms with E-state index < -0.39 is 5.78 Å². The van der Waals surface area contributed by atoms with Crippen molar-refractivity contribution in [2.24, 2.45) is 0 Å². The number of phenols is 4. The lowest BCUT2D eigenvalue weighted by atomic mass is 9.98. The average Bonchev–Trinajstić information content (AvgIpc) is 3.17. The number of hydrogen-bond donors (Lipinski definition) is 4. The number of ether oxygens (including phenoxy) is 1. The van der Waals surface area contributed by atoms with E-state index in [-0.39, 0.29) is 40.3 Å². The van der Waals surface area contributed by atoms with Crippen molar-refractivity contribution in [1.82, 2.24) is 0 Å². The highest BCUT2D eigenvalue weighted by Crippen LogP contribution is 2.40. The normalized spacial score (nSPS) is 18.2. The largest absolute Gasteiger partial charge is 0.508 e. The van der Waals surface area contributed by atoms with Gasteiger partial charge in [0.05, 0.1) is 17.3 Å². The second kappa shape index (κ2) is 6.38. The molecule has 0 saturated carbocycles. The molecule has 0 spiro atoms. The van der Waals surface area contributed by atoms with Crippen molar-refractivity contribution < 1.29 is 30.0 Å². The summed E-state index contributed by atoms with van der Waals surface area (Å²) in [5, 5.41) is 38.8. The van der Waals surface area contributed by atoms with Gasteiger partial charge in [0.2, 0.25) is 0 Å². The molecule has 1 heterocycles. The smallest absolute Gasteiger partial charge is 0.189 e. The summed E-state index contributed by atoms with van der Waals surface area (Å²) in [4.78, 5) is 12.4. The number of rotatable bonds is 5. The first kappa shape index (κ1) is 17.8. The molecule has 0 aliphatic carbocycles. The van der Waals surface area contributed by atoms with Crippen molar-refractivity contribution in [2.75, 3.05) is 0 Å². The number of allylic oxidation sites excluding steroid dienone is 1. The molecule has 0 amide bonds. The third-order valence-electron chi connectivity index (χ3n) is 4.46. The first-order valence-corrected chi connectivity index (χ1v) is 8.14. The molecule has 2 aromatic carbocycles. The van der Waals surface area contributed by atoms with Gasteiger partial charge in [-0.2, -0.15) is 0 Å². The summed E-state index contributed by atoms with van der Waals surface area (Å²) in [6.45, 7) is 3.88. The molecule has 1 saturated heterocycles. The van der Waals surface area contributed by atoms with Crippen molar-refractivity contribution in [2.45, 2.75) is 32.0 Å². The van der Waals surface area contributed by atoms with Gasteiger partial charge in [0.1, 0.15) is 11.5 Å². The number of carbonyl (C=O) groups is 1. The SMILES string of the molecule is CC1(C)O[C@H]1Cc1cc(C(=O)/C=C/c2ccc(O)c(O)c2)c(O)cc1O. The molecule has 0 radical (unpaired) electrons. The highest BCUT2D eigenvalue weighted by atomic mass is 16.6. The van der Waals surface area contributed by atoms with Gasteiger partial charge in [0, 0.05) is 12.5 Å². The number of epoxide rings is 1. The van der Waals surface area contributed by atoms with Crippen LogP contribution in [0.3, 0.4) is 0 Å². The van der Waals surface area contributed by atoms with Crippen LogP contribution >= 0.6 is 0 Å². The van der Waals surface area contributed by atoms with Crippen LogP contribution in [0.5, 0.6) is 23.0 Å². The number of carbonyl (C=O) groups excluding carboxylic acids is 1. The predicted octanol–water partition coefficient (Wildman–Crippen LogP) is 3.13. The highest BCUT2D eigenvalue weighted by molar-refractivity contribution is 6.08. The third kappa shape index (κ3) is 3.65. The zero-order valence-electron chi connectivity index (χ0n) is 14.4. The maximum Gasteiger partial charge on any atom is 0.189 e. The van der Waals surface area contributed by atoms with Crippen molar-refractivity contribution >= 4 is 11.9 Å². The molecule has 0 aromatic heterocycles. The van der Waals surface area contributed by atoms with Crippen LogP contribution in [0.2, 0.25) is 0 Å². The first-order chi connectivity index (χ1) is 12.2. The second-order valence-electron chi connectivity index (χ2n) is 6.86. The molecule has 6 heteroatoms. The minimum absolute atomic E-state index is 0.0450. The molecule has 1 atom stereocenters. The molecule has 26 heavy (non-hydrogen) atoms. The fraction of sp³-hybridized carbons (Fsp3) is 0.250. The van der Waals surface area contributed by atoms with E-state index in [1.54, 1.807) is 0 Å². The summed E-state index contributed by atoms with van der Waals surface area (Å²) in [7, 11) is 0. The zero-order chi connectivity index (χ0) is 19.1. The first-order valence-electron chi connectivity index (χ1n) is 8.14. The number of ketones is 1. The molecular weight excluding hydrogens is 336 g/mol. The zero-order valence-corrected chi connectivity index (χ0v) is 14.4. The Hall–Kier alpha value is -2.99. The quantitative estimate of drug-likeness (QED) is 0.284. The van der Waals surface area contributed by atoms with E-state index in [0.29, 0.717) is 17.5 Å². The Morgan fingerprint density at radius 2 is 1.73 bits per heavy atom. The minimum atomic E-state index is -0.452. The van der Waals surface area contributed by atoms with E-state index in [2.05, 4.69) is 0 Å². The van der Waals surface area contributed by atoms with E-state index in [1.807, 2.05) is 13.8 Å². The van der Waals surface area contributed by atoms with Crippen LogP contribution in [0, 0.1) is 0 Å². The van der Waals surface area contributed by atoms with E-state index in [4.69, 9.17) is 4.74 Å². The molecule has 0 unspecified atom stereocenters. The van der Waals surface area contributed by atoms with Crippen LogP contribution in [0.1, 0.15) is 35.3 Å². The molecule has 3 rings (SSSR count). The van der Waals surface area contributed by atoms with Gasteiger partial charge >= 0.3 is 0 Å². The average molecular weight is 356 g/mol. The number of aromatic hydroxyl groups is 4. The Morgan fingerprint density at radius 3 is 2.35 bits per heavy atom.